The van der Waals surface area contributed by atoms with E-state index in [1.807, 2.05) is 0 Å². The molecule has 0 bridgehead atoms. The van der Waals surface area contributed by atoms with Gasteiger partial charge in [0.05, 0.1) is 4.90 Å². The van der Waals surface area contributed by atoms with E-state index in [1.165, 1.54) is 24.3 Å². The van der Waals surface area contributed by atoms with Gasteiger partial charge in [0.25, 0.3) is 19.3 Å². The van der Waals surface area contributed by atoms with E-state index in [-0.39, 0.29) is 4.90 Å². The molecule has 1 aromatic carbocycles. The molecule has 0 aromatic heterocycles. The monoisotopic (exact) mass is 298 g/mol. The molecule has 0 spiro atoms. The smallest absolute Gasteiger partial charge is 0.216 e. The summed E-state index contributed by atoms with van der Waals surface area (Å²) in [6.45, 7) is 1.58. The zero-order chi connectivity index (χ0) is 13.3. The molecule has 0 fully saturated rings. The second-order valence-electron chi connectivity index (χ2n) is 3.39. The van der Waals surface area contributed by atoms with Crippen LogP contribution in [0, 0.1) is 0 Å². The van der Waals surface area contributed by atoms with Crippen LogP contribution in [0.2, 0.25) is 0 Å². The molecule has 0 amide bonds. The van der Waals surface area contributed by atoms with Crippen molar-refractivity contribution in [3.63, 3.8) is 0 Å². The van der Waals surface area contributed by atoms with Crippen molar-refractivity contribution in [3.05, 3.63) is 29.8 Å². The van der Waals surface area contributed by atoms with Gasteiger partial charge in [0.15, 0.2) is 0 Å². The maximum atomic E-state index is 11.0. The van der Waals surface area contributed by atoms with Crippen LogP contribution in [0.15, 0.2) is 29.2 Å². The van der Waals surface area contributed by atoms with Crippen molar-refractivity contribution in [2.45, 2.75) is 17.9 Å². The van der Waals surface area contributed by atoms with Crippen LogP contribution in [-0.4, -0.2) is 16.8 Å². The standard InChI is InChI=1S/C8H11ClN2O4S2/c1-6(11-17(10,14)15)7-2-4-8(5-3-7)16(9,12)13/h2-6,11H,1H3,(H2,10,14,15). The highest BCUT2D eigenvalue weighted by atomic mass is 35.7. The Kier molecular flexibility index (Phi) is 4.15. The molecule has 1 aromatic rings. The van der Waals surface area contributed by atoms with E-state index in [0.717, 1.165) is 0 Å². The van der Waals surface area contributed by atoms with E-state index in [4.69, 9.17) is 15.8 Å². The van der Waals surface area contributed by atoms with E-state index >= 15 is 0 Å². The van der Waals surface area contributed by atoms with Crippen molar-refractivity contribution in [1.82, 2.24) is 4.72 Å². The summed E-state index contributed by atoms with van der Waals surface area (Å²) in [6.07, 6.45) is 0. The van der Waals surface area contributed by atoms with Crippen molar-refractivity contribution < 1.29 is 16.8 Å². The van der Waals surface area contributed by atoms with Gasteiger partial charge in [0.1, 0.15) is 0 Å². The molecule has 0 saturated heterocycles. The van der Waals surface area contributed by atoms with Crippen LogP contribution in [0.4, 0.5) is 0 Å². The molecular formula is C8H11ClN2O4S2. The van der Waals surface area contributed by atoms with Crippen molar-refractivity contribution in [2.75, 3.05) is 0 Å². The lowest BCUT2D eigenvalue weighted by molar-refractivity contribution is 0.568. The Balaban J connectivity index is 2.96. The van der Waals surface area contributed by atoms with Gasteiger partial charge in [-0.2, -0.15) is 13.1 Å². The molecule has 9 heteroatoms. The fourth-order valence-corrected chi connectivity index (χ4v) is 2.63. The number of hydrogen-bond acceptors (Lipinski definition) is 4. The number of nitrogens with two attached hydrogens (primary N) is 1. The van der Waals surface area contributed by atoms with E-state index in [1.54, 1.807) is 6.92 Å². The molecule has 1 unspecified atom stereocenters. The zero-order valence-corrected chi connectivity index (χ0v) is 11.2. The van der Waals surface area contributed by atoms with E-state index in [0.29, 0.717) is 5.56 Å². The predicted octanol–water partition coefficient (Wildman–Crippen LogP) is 0.468. The van der Waals surface area contributed by atoms with Crippen molar-refractivity contribution in [2.24, 2.45) is 5.14 Å². The number of halogens is 1. The van der Waals surface area contributed by atoms with Crippen LogP contribution < -0.4 is 9.86 Å². The average Bonchev–Trinajstić information content (AvgIpc) is 2.14. The summed E-state index contributed by atoms with van der Waals surface area (Å²) in [5, 5.41) is 4.82. The molecule has 1 atom stereocenters. The van der Waals surface area contributed by atoms with Gasteiger partial charge in [0, 0.05) is 16.7 Å². The lowest BCUT2D eigenvalue weighted by Crippen LogP contribution is -2.32. The quantitative estimate of drug-likeness (QED) is 0.788. The SMILES string of the molecule is CC(NS(N)(=O)=O)c1ccc(S(=O)(=O)Cl)cc1. The number of benzene rings is 1. The first kappa shape index (κ1) is 14.4. The third-order valence-electron chi connectivity index (χ3n) is 2.00. The highest BCUT2D eigenvalue weighted by molar-refractivity contribution is 8.13. The Morgan fingerprint density at radius 2 is 1.65 bits per heavy atom. The number of hydrogen-bond donors (Lipinski definition) is 2. The Bertz CT molecular complexity index is 595. The normalized spacial score (nSPS) is 14.5. The summed E-state index contributed by atoms with van der Waals surface area (Å²) in [4.78, 5) is -0.0503. The Labute approximate surface area is 104 Å². The van der Waals surface area contributed by atoms with Gasteiger partial charge in [-0.3, -0.25) is 0 Å². The van der Waals surface area contributed by atoms with E-state index in [9.17, 15) is 16.8 Å². The van der Waals surface area contributed by atoms with Crippen LogP contribution in [0.5, 0.6) is 0 Å². The number of nitrogens with one attached hydrogen (secondary N) is 1. The summed E-state index contributed by atoms with van der Waals surface area (Å²) < 4.78 is 45.7. The van der Waals surface area contributed by atoms with E-state index < -0.39 is 25.3 Å². The second kappa shape index (κ2) is 4.91. The minimum absolute atomic E-state index is 0.0503. The molecule has 17 heavy (non-hydrogen) atoms. The van der Waals surface area contributed by atoms with Gasteiger partial charge in [0.2, 0.25) is 0 Å². The summed E-state index contributed by atoms with van der Waals surface area (Å²) in [5.74, 6) is 0. The molecule has 6 nitrogen and oxygen atoms in total. The van der Waals surface area contributed by atoms with Gasteiger partial charge in [-0.05, 0) is 24.6 Å². The molecule has 0 radical (unpaired) electrons. The van der Waals surface area contributed by atoms with Crippen LogP contribution in [0.25, 0.3) is 0 Å². The summed E-state index contributed by atoms with van der Waals surface area (Å²) in [6, 6.07) is 4.94. The maximum absolute atomic E-state index is 11.0. The third kappa shape index (κ3) is 4.60. The minimum Gasteiger partial charge on any atom is -0.216 e. The van der Waals surface area contributed by atoms with Gasteiger partial charge in [-0.25, -0.2) is 13.6 Å². The number of rotatable bonds is 4. The third-order valence-corrected chi connectivity index (χ3v) is 4.05. The van der Waals surface area contributed by atoms with Gasteiger partial charge in [-0.15, -0.1) is 0 Å². The Hall–Kier alpha value is -0.670. The van der Waals surface area contributed by atoms with Gasteiger partial charge >= 0.3 is 0 Å². The molecular weight excluding hydrogens is 288 g/mol. The van der Waals surface area contributed by atoms with Crippen molar-refractivity contribution >= 4 is 29.9 Å². The first-order valence-electron chi connectivity index (χ1n) is 4.44. The first-order chi connectivity index (χ1) is 7.59. The zero-order valence-electron chi connectivity index (χ0n) is 8.79. The van der Waals surface area contributed by atoms with Crippen LogP contribution in [-0.2, 0) is 19.3 Å². The van der Waals surface area contributed by atoms with E-state index in [2.05, 4.69) is 4.72 Å². The molecule has 0 heterocycles. The van der Waals surface area contributed by atoms with Gasteiger partial charge in [-0.1, -0.05) is 12.1 Å². The fourth-order valence-electron chi connectivity index (χ4n) is 1.23. The van der Waals surface area contributed by atoms with Gasteiger partial charge < -0.3 is 0 Å². The summed E-state index contributed by atoms with van der Waals surface area (Å²) >= 11 is 0. The van der Waals surface area contributed by atoms with Crippen LogP contribution >= 0.6 is 10.7 Å². The Morgan fingerprint density at radius 3 is 2.00 bits per heavy atom. The highest BCUT2D eigenvalue weighted by Gasteiger charge is 2.13. The molecule has 0 aliphatic carbocycles. The lowest BCUT2D eigenvalue weighted by Gasteiger charge is -2.12. The topological polar surface area (TPSA) is 106 Å². The maximum Gasteiger partial charge on any atom is 0.274 e. The molecule has 0 aliphatic rings. The van der Waals surface area contributed by atoms with Crippen molar-refractivity contribution in [3.8, 4) is 0 Å². The summed E-state index contributed by atoms with van der Waals surface area (Å²) in [5.41, 5.74) is 0.572. The van der Waals surface area contributed by atoms with Crippen LogP contribution in [0.1, 0.15) is 18.5 Å². The Morgan fingerprint density at radius 1 is 1.18 bits per heavy atom. The molecule has 1 rings (SSSR count). The highest BCUT2D eigenvalue weighted by Crippen LogP contribution is 2.19. The average molecular weight is 299 g/mol. The molecule has 3 N–H and O–H groups in total. The largest absolute Gasteiger partial charge is 0.274 e. The lowest BCUT2D eigenvalue weighted by atomic mass is 10.1. The molecule has 0 aliphatic heterocycles. The predicted molar refractivity (Wildman–Crippen MR) is 64.1 cm³/mol. The fraction of sp³-hybridized carbons (Fsp3) is 0.250. The molecule has 0 saturated carbocycles. The minimum atomic E-state index is -3.80. The van der Waals surface area contributed by atoms with Crippen LogP contribution in [0.3, 0.4) is 0 Å². The second-order valence-corrected chi connectivity index (χ2v) is 7.28. The summed E-state index contributed by atoms with van der Waals surface area (Å²) in [7, 11) is -2.44. The molecule has 96 valence electrons. The van der Waals surface area contributed by atoms with Crippen molar-refractivity contribution in [1.29, 1.82) is 0 Å². The first-order valence-corrected chi connectivity index (χ1v) is 8.30.